The predicted molar refractivity (Wildman–Crippen MR) is 82.9 cm³/mol. The van der Waals surface area contributed by atoms with E-state index in [0.29, 0.717) is 16.5 Å². The Labute approximate surface area is 134 Å². The molecule has 2 aliphatic rings. The van der Waals surface area contributed by atoms with Gasteiger partial charge >= 0.3 is 0 Å². The van der Waals surface area contributed by atoms with Crippen LogP contribution in [-0.2, 0) is 16.0 Å². The van der Waals surface area contributed by atoms with Crippen molar-refractivity contribution in [3.63, 3.8) is 0 Å². The number of hydrogen-bond donors (Lipinski definition) is 2. The van der Waals surface area contributed by atoms with Gasteiger partial charge in [0.05, 0.1) is 28.2 Å². The van der Waals surface area contributed by atoms with E-state index >= 15 is 0 Å². The van der Waals surface area contributed by atoms with Crippen molar-refractivity contribution < 1.29 is 9.53 Å². The van der Waals surface area contributed by atoms with Gasteiger partial charge in [0, 0.05) is 13.7 Å². The second kappa shape index (κ2) is 6.13. The number of halogens is 2. The highest BCUT2D eigenvalue weighted by atomic mass is 35.5. The van der Waals surface area contributed by atoms with Crippen molar-refractivity contribution in [2.45, 2.75) is 37.5 Å². The first-order valence-electron chi connectivity index (χ1n) is 7.13. The van der Waals surface area contributed by atoms with Gasteiger partial charge in [-0.25, -0.2) is 0 Å². The third-order valence-electron chi connectivity index (χ3n) is 4.35. The standard InChI is InChI=1S/C15H18Cl2N2O2/c1-21-8-6-13(18-7-8)15(20)19-12-5-3-10-9(12)2-4-11(16)14(10)17/h2,4,8,12-13,18H,3,5-7H2,1H3,(H,19,20)/t8-,12-,13+/m0/s1. The van der Waals surface area contributed by atoms with Crippen LogP contribution in [0.2, 0.25) is 10.0 Å². The van der Waals surface area contributed by atoms with Crippen molar-refractivity contribution in [1.29, 1.82) is 0 Å². The Kier molecular flexibility index (Phi) is 4.41. The lowest BCUT2D eigenvalue weighted by atomic mass is 10.1. The molecule has 6 heteroatoms. The second-order valence-corrected chi connectivity index (χ2v) is 6.37. The highest BCUT2D eigenvalue weighted by molar-refractivity contribution is 6.42. The number of carbonyl (C=O) groups is 1. The van der Waals surface area contributed by atoms with Crippen molar-refractivity contribution in [2.24, 2.45) is 0 Å². The summed E-state index contributed by atoms with van der Waals surface area (Å²) in [6, 6.07) is 3.59. The number of benzene rings is 1. The molecule has 2 N–H and O–H groups in total. The fraction of sp³-hybridized carbons (Fsp3) is 0.533. The molecular formula is C15H18Cl2N2O2. The predicted octanol–water partition coefficient (Wildman–Crippen LogP) is 2.47. The number of carbonyl (C=O) groups excluding carboxylic acids is 1. The number of rotatable bonds is 3. The van der Waals surface area contributed by atoms with E-state index in [1.165, 1.54) is 0 Å². The van der Waals surface area contributed by atoms with Crippen LogP contribution < -0.4 is 10.6 Å². The zero-order valence-electron chi connectivity index (χ0n) is 11.8. The molecule has 1 heterocycles. The number of ether oxygens (including phenoxy) is 1. The van der Waals surface area contributed by atoms with Crippen molar-refractivity contribution in [2.75, 3.05) is 13.7 Å². The van der Waals surface area contributed by atoms with Gasteiger partial charge in [-0.1, -0.05) is 29.3 Å². The monoisotopic (exact) mass is 328 g/mol. The summed E-state index contributed by atoms with van der Waals surface area (Å²) in [5.41, 5.74) is 2.14. The van der Waals surface area contributed by atoms with Crippen molar-refractivity contribution in [3.05, 3.63) is 33.3 Å². The molecule has 3 atom stereocenters. The lowest BCUT2D eigenvalue weighted by molar-refractivity contribution is -0.123. The molecule has 0 bridgehead atoms. The molecule has 1 aromatic carbocycles. The second-order valence-electron chi connectivity index (χ2n) is 5.58. The third kappa shape index (κ3) is 2.90. The highest BCUT2D eigenvalue weighted by Crippen LogP contribution is 2.39. The first-order valence-corrected chi connectivity index (χ1v) is 7.89. The van der Waals surface area contributed by atoms with E-state index in [9.17, 15) is 4.79 Å². The highest BCUT2D eigenvalue weighted by Gasteiger charge is 2.32. The average molecular weight is 329 g/mol. The van der Waals surface area contributed by atoms with Crippen LogP contribution in [0.4, 0.5) is 0 Å². The van der Waals surface area contributed by atoms with E-state index < -0.39 is 0 Å². The molecule has 0 unspecified atom stereocenters. The first kappa shape index (κ1) is 15.1. The maximum Gasteiger partial charge on any atom is 0.237 e. The Morgan fingerprint density at radius 1 is 1.43 bits per heavy atom. The van der Waals surface area contributed by atoms with Crippen LogP contribution in [0, 0.1) is 0 Å². The van der Waals surface area contributed by atoms with Crippen LogP contribution in [-0.4, -0.2) is 31.7 Å². The van der Waals surface area contributed by atoms with E-state index in [2.05, 4.69) is 10.6 Å². The number of amides is 1. The fourth-order valence-electron chi connectivity index (χ4n) is 3.14. The van der Waals surface area contributed by atoms with Gasteiger partial charge in [-0.05, 0) is 36.5 Å². The SMILES string of the molecule is CO[C@@H]1CN[C@@H](C(=O)N[C@H]2CCc3c2ccc(Cl)c3Cl)C1. The molecule has 0 aromatic heterocycles. The summed E-state index contributed by atoms with van der Waals surface area (Å²) in [4.78, 5) is 12.3. The molecule has 1 fully saturated rings. The zero-order valence-corrected chi connectivity index (χ0v) is 13.3. The number of hydrogen-bond acceptors (Lipinski definition) is 3. The Morgan fingerprint density at radius 3 is 2.95 bits per heavy atom. The lowest BCUT2D eigenvalue weighted by Gasteiger charge is -2.18. The minimum absolute atomic E-state index is 0.0191. The number of nitrogens with one attached hydrogen (secondary N) is 2. The maximum absolute atomic E-state index is 12.3. The molecule has 1 amide bonds. The molecule has 0 radical (unpaired) electrons. The molecule has 0 spiro atoms. The molecule has 1 aliphatic heterocycles. The Bertz CT molecular complexity index is 565. The van der Waals surface area contributed by atoms with Crippen LogP contribution in [0.1, 0.15) is 30.0 Å². The zero-order chi connectivity index (χ0) is 15.0. The minimum Gasteiger partial charge on any atom is -0.380 e. The maximum atomic E-state index is 12.3. The van der Waals surface area contributed by atoms with Crippen molar-refractivity contribution >= 4 is 29.1 Å². The van der Waals surface area contributed by atoms with Crippen LogP contribution in [0.15, 0.2) is 12.1 Å². The summed E-state index contributed by atoms with van der Waals surface area (Å²) in [7, 11) is 1.67. The molecule has 3 rings (SSSR count). The summed E-state index contributed by atoms with van der Waals surface area (Å²) < 4.78 is 5.27. The summed E-state index contributed by atoms with van der Waals surface area (Å²) in [5.74, 6) is 0.0264. The van der Waals surface area contributed by atoms with Gasteiger partial charge in [0.25, 0.3) is 0 Å². The van der Waals surface area contributed by atoms with Gasteiger partial charge in [-0.3, -0.25) is 4.79 Å². The third-order valence-corrected chi connectivity index (χ3v) is 5.19. The van der Waals surface area contributed by atoms with E-state index in [-0.39, 0.29) is 24.1 Å². The normalized spacial score (nSPS) is 27.7. The van der Waals surface area contributed by atoms with Gasteiger partial charge in [0.2, 0.25) is 5.91 Å². The largest absolute Gasteiger partial charge is 0.380 e. The molecule has 4 nitrogen and oxygen atoms in total. The van der Waals surface area contributed by atoms with Gasteiger partial charge in [-0.15, -0.1) is 0 Å². The fourth-order valence-corrected chi connectivity index (χ4v) is 3.58. The minimum atomic E-state index is -0.179. The summed E-state index contributed by atoms with van der Waals surface area (Å²) >= 11 is 12.3. The summed E-state index contributed by atoms with van der Waals surface area (Å²) in [6.45, 7) is 0.720. The molecule has 114 valence electrons. The Balaban J connectivity index is 1.68. The van der Waals surface area contributed by atoms with Gasteiger partial charge in [-0.2, -0.15) is 0 Å². The number of fused-ring (bicyclic) bond motifs is 1. The van der Waals surface area contributed by atoms with Crippen LogP contribution in [0.3, 0.4) is 0 Å². The van der Waals surface area contributed by atoms with Crippen LogP contribution in [0.25, 0.3) is 0 Å². The summed E-state index contributed by atoms with van der Waals surface area (Å²) in [6.07, 6.45) is 2.54. The molecule has 21 heavy (non-hydrogen) atoms. The van der Waals surface area contributed by atoms with Gasteiger partial charge < -0.3 is 15.4 Å². The van der Waals surface area contributed by atoms with Crippen molar-refractivity contribution in [3.8, 4) is 0 Å². The topological polar surface area (TPSA) is 50.4 Å². The quantitative estimate of drug-likeness (QED) is 0.896. The van der Waals surface area contributed by atoms with Gasteiger partial charge in [0.1, 0.15) is 0 Å². The van der Waals surface area contributed by atoms with Crippen LogP contribution >= 0.6 is 23.2 Å². The molecule has 0 saturated carbocycles. The smallest absolute Gasteiger partial charge is 0.237 e. The molecule has 1 saturated heterocycles. The van der Waals surface area contributed by atoms with Crippen LogP contribution in [0.5, 0.6) is 0 Å². The Morgan fingerprint density at radius 2 is 2.24 bits per heavy atom. The van der Waals surface area contributed by atoms with E-state index in [4.69, 9.17) is 27.9 Å². The lowest BCUT2D eigenvalue weighted by Crippen LogP contribution is -2.41. The van der Waals surface area contributed by atoms with Gasteiger partial charge in [0.15, 0.2) is 0 Å². The van der Waals surface area contributed by atoms with E-state index in [1.807, 2.05) is 6.07 Å². The van der Waals surface area contributed by atoms with E-state index in [1.54, 1.807) is 13.2 Å². The summed E-state index contributed by atoms with van der Waals surface area (Å²) in [5, 5.41) is 7.49. The van der Waals surface area contributed by atoms with E-state index in [0.717, 1.165) is 30.5 Å². The van der Waals surface area contributed by atoms with Crippen molar-refractivity contribution in [1.82, 2.24) is 10.6 Å². The Hall–Kier alpha value is -0.810. The average Bonchev–Trinajstić information content (AvgIpc) is 3.10. The molecular weight excluding hydrogens is 311 g/mol. The number of methoxy groups -OCH3 is 1. The molecule has 1 aromatic rings. The first-order chi connectivity index (χ1) is 10.1. The molecule has 1 aliphatic carbocycles.